The van der Waals surface area contributed by atoms with Gasteiger partial charge in [-0.25, -0.2) is 9.97 Å². The van der Waals surface area contributed by atoms with E-state index < -0.39 is 148 Å². The molecule has 1 aliphatic carbocycles. The zero-order valence-corrected chi connectivity index (χ0v) is 40.3. The number of aromatic amines is 2. The van der Waals surface area contributed by atoms with E-state index in [0.717, 1.165) is 12.1 Å². The molecule has 2 atom stereocenters. The molecule has 0 saturated carbocycles. The van der Waals surface area contributed by atoms with Crippen LogP contribution in [0.4, 0.5) is 0 Å². The molecule has 63 heavy (non-hydrogen) atoms. The Morgan fingerprint density at radius 2 is 0.937 bits per heavy atom. The number of fused-ring (bicyclic) bond motifs is 8. The van der Waals surface area contributed by atoms with Crippen molar-refractivity contribution in [1.82, 2.24) is 19.9 Å². The van der Waals surface area contributed by atoms with Crippen LogP contribution in [0.3, 0.4) is 0 Å². The molecule has 3 aliphatic rings. The first-order valence-corrected chi connectivity index (χ1v) is 26.8. The van der Waals surface area contributed by atoms with Crippen LogP contribution in [0, 0.1) is 0 Å². The second-order valence-corrected chi connectivity index (χ2v) is 23.9. The molecule has 0 aromatic carbocycles. The zero-order valence-electron chi connectivity index (χ0n) is 29.8. The Bertz CT molecular complexity index is 3850. The average molecular weight is 1140 g/mol. The number of hydrogen-bond donors (Lipinski definition) is 10. The van der Waals surface area contributed by atoms with E-state index in [4.69, 9.17) is 0 Å². The van der Waals surface area contributed by atoms with Crippen molar-refractivity contribution >= 4 is 125 Å². The Balaban J connectivity index is 0.00000748. The van der Waals surface area contributed by atoms with E-state index in [9.17, 15) is 104 Å². The van der Waals surface area contributed by atoms with Gasteiger partial charge in [0.05, 0.1) is 22.8 Å². The second-order valence-electron chi connectivity index (χ2n) is 12.6. The molecule has 5 heterocycles. The molecule has 0 fully saturated rings. The minimum atomic E-state index is -7.36. The third-order valence-electron chi connectivity index (χ3n) is 8.63. The maximum absolute atomic E-state index is 13.9. The van der Waals surface area contributed by atoms with Crippen molar-refractivity contribution in [2.45, 2.75) is 10.00 Å². The van der Waals surface area contributed by atoms with Crippen LogP contribution in [0.25, 0.3) is 44.0 Å². The molecule has 10 N–H and O–H groups in total. The van der Waals surface area contributed by atoms with Gasteiger partial charge < -0.3 is 9.97 Å². The molecule has 0 spiro atoms. The maximum Gasteiger partial charge on any atom is 0.298 e. The SMILES string of the molecule is O=S(=O)(O)C1=C(S(=O)(=O)O)C(S(=O)(=O)O)C(c2cc3cc4nc(cc5nc(cc6ccc(cc2[nH]3)[nH]6)C=C5)C(S(=O)(=O)O)=C4S(=O)(=O)O)(S(=O)(=O)O)C(S(=O)(=O)O)=C1S(=O)(=O)O.[Cd]. The van der Waals surface area contributed by atoms with Gasteiger partial charge in [0.15, 0.2) is 10.00 Å². The van der Waals surface area contributed by atoms with E-state index in [0.29, 0.717) is 6.07 Å². The van der Waals surface area contributed by atoms with Crippen molar-refractivity contribution in [3.8, 4) is 0 Å². The van der Waals surface area contributed by atoms with Gasteiger partial charge in [-0.05, 0) is 54.6 Å². The number of rotatable bonds is 9. The van der Waals surface area contributed by atoms with E-state index in [1.165, 1.54) is 24.3 Å². The number of aromatic nitrogens is 4. The van der Waals surface area contributed by atoms with Crippen LogP contribution in [0.2, 0.25) is 0 Å². The van der Waals surface area contributed by atoms with Crippen molar-refractivity contribution < 1.29 is 131 Å². The van der Waals surface area contributed by atoms with Gasteiger partial charge >= 0.3 is 0 Å². The summed E-state index contributed by atoms with van der Waals surface area (Å²) in [5.41, 5.74) is -7.16. The molecule has 338 valence electrons. The summed E-state index contributed by atoms with van der Waals surface area (Å²) >= 11 is 0. The Kier molecular flexibility index (Phi) is 12.3. The van der Waals surface area contributed by atoms with E-state index >= 15 is 0 Å². The van der Waals surface area contributed by atoms with Gasteiger partial charge in [-0.1, -0.05) is 0 Å². The summed E-state index contributed by atoms with van der Waals surface area (Å²) in [5, 5.41) is -4.70. The number of H-pyrrole nitrogens is 2. The fraction of sp³-hybridized carbons (Fsp3) is 0.0769. The smallest absolute Gasteiger partial charge is 0.298 e. The zero-order chi connectivity index (χ0) is 46.9. The fourth-order valence-electron chi connectivity index (χ4n) is 6.75. The molecule has 3 aromatic heterocycles. The van der Waals surface area contributed by atoms with Crippen molar-refractivity contribution in [3.05, 3.63) is 90.4 Å². The molecular weight excluding hydrogens is 1120 g/mol. The first-order chi connectivity index (χ1) is 27.8. The minimum Gasteiger partial charge on any atom is -0.355 e. The van der Waals surface area contributed by atoms with Crippen LogP contribution in [0.15, 0.2) is 62.1 Å². The molecule has 0 radical (unpaired) electrons. The number of nitrogens with one attached hydrogen (secondary N) is 2. The fourth-order valence-corrected chi connectivity index (χ4v) is 18.6. The minimum absolute atomic E-state index is 0. The van der Waals surface area contributed by atoms with Gasteiger partial charge in [0.1, 0.15) is 29.4 Å². The molecule has 37 heteroatoms. The Morgan fingerprint density at radius 3 is 1.37 bits per heavy atom. The van der Waals surface area contributed by atoms with Gasteiger partial charge in [0.2, 0.25) is 0 Å². The summed E-state index contributed by atoms with van der Waals surface area (Å²) < 4.78 is 286. The number of nitrogens with zero attached hydrogens (tertiary/aromatic N) is 2. The molecule has 3 aromatic rings. The van der Waals surface area contributed by atoms with Gasteiger partial charge in [-0.3, -0.25) is 36.4 Å². The monoisotopic (exact) mass is 1140 g/mol. The average Bonchev–Trinajstić information content (AvgIpc) is 3.83. The third kappa shape index (κ3) is 8.99. The van der Waals surface area contributed by atoms with E-state index in [1.54, 1.807) is 0 Å². The Hall–Kier alpha value is -3.72. The Labute approximate surface area is 373 Å². The molecule has 6 rings (SSSR count). The van der Waals surface area contributed by atoms with Crippen molar-refractivity contribution in [3.63, 3.8) is 0 Å². The quantitative estimate of drug-likeness (QED) is 0.0740. The first kappa shape index (κ1) is 50.3. The topological polar surface area (TPSA) is 492 Å². The molecule has 28 nitrogen and oxygen atoms in total. The van der Waals surface area contributed by atoms with Crippen LogP contribution in [-0.2, 0) is 113 Å². The Morgan fingerprint density at radius 1 is 0.476 bits per heavy atom. The number of hydrogen-bond acceptors (Lipinski definition) is 18. The van der Waals surface area contributed by atoms with Gasteiger partial charge in [-0.2, -0.15) is 67.3 Å². The van der Waals surface area contributed by atoms with Gasteiger partial charge in [0.25, 0.3) is 80.9 Å². The predicted octanol–water partition coefficient (Wildman–Crippen LogP) is -0.588. The predicted molar refractivity (Wildman–Crippen MR) is 209 cm³/mol. The molecule has 2 aliphatic heterocycles. The van der Waals surface area contributed by atoms with Crippen LogP contribution in [0.5, 0.6) is 0 Å². The van der Waals surface area contributed by atoms with E-state index in [-0.39, 0.29) is 61.9 Å². The summed E-state index contributed by atoms with van der Waals surface area (Å²) in [6.07, 6.45) is 2.51. The summed E-state index contributed by atoms with van der Waals surface area (Å²) in [5.74, 6) is 0. The molecular formula is C26H20CdN4O24S8. The second kappa shape index (κ2) is 15.4. The summed E-state index contributed by atoms with van der Waals surface area (Å²) in [6, 6.07) is 5.10. The van der Waals surface area contributed by atoms with Gasteiger partial charge in [0, 0.05) is 54.9 Å². The van der Waals surface area contributed by atoms with E-state index in [1.807, 2.05) is 0 Å². The molecule has 0 saturated heterocycles. The van der Waals surface area contributed by atoms with Crippen LogP contribution in [-0.4, -0.2) is 129 Å². The van der Waals surface area contributed by atoms with Crippen molar-refractivity contribution in [2.75, 3.05) is 0 Å². The molecule has 2 unspecified atom stereocenters. The summed E-state index contributed by atoms with van der Waals surface area (Å²) in [6.45, 7) is 0. The van der Waals surface area contributed by atoms with E-state index in [2.05, 4.69) is 19.9 Å². The largest absolute Gasteiger partial charge is 0.355 e. The third-order valence-corrected chi connectivity index (χ3v) is 18.0. The van der Waals surface area contributed by atoms with Gasteiger partial charge in [-0.15, -0.1) is 0 Å². The standard InChI is InChI=1S/C26H20N4O24S8.Cd/c31-55(32,33)19-17-8-13-4-2-11(28-13)5-10-1-3-12(27-10)7-16-15(6-14(29-16)9-18(30-17)20(19)56(34,35)36)26(62(52,53)54)24(60(46,47)48)22(58(40,41)42)21(57(37,38)39)23(59(43,44)45)25(26)61(49,50)51;/h1-9,24,27,29H,(H,31,32,33)(H,34,35,36)(H,37,38,39)(H,40,41,42)(H,43,44,45)(H,46,47,48)(H,49,50,51)(H,52,53,54);. The van der Waals surface area contributed by atoms with Crippen LogP contribution < -0.4 is 0 Å². The van der Waals surface area contributed by atoms with Crippen LogP contribution in [0.1, 0.15) is 28.3 Å². The first-order valence-electron chi connectivity index (χ1n) is 15.2. The van der Waals surface area contributed by atoms with Crippen molar-refractivity contribution in [1.29, 1.82) is 0 Å². The normalized spacial score (nSPS) is 19.7. The summed E-state index contributed by atoms with van der Waals surface area (Å²) in [4.78, 5) is -3.77. The maximum atomic E-state index is 13.9. The van der Waals surface area contributed by atoms with Crippen LogP contribution >= 0.6 is 0 Å². The summed E-state index contributed by atoms with van der Waals surface area (Å²) in [7, 11) is -54.5. The van der Waals surface area contributed by atoms with Crippen molar-refractivity contribution in [2.24, 2.45) is 0 Å². The molecule has 0 amide bonds. The molecule has 8 bridgehead atoms.